The Hall–Kier alpha value is -6.44. The summed E-state index contributed by atoms with van der Waals surface area (Å²) in [5, 5.41) is -1.81. The molecule has 0 N–H and O–H groups in total. The first-order valence-electron chi connectivity index (χ1n) is 24.0. The van der Waals surface area contributed by atoms with E-state index in [1.54, 1.807) is 48.5 Å². The number of furan rings is 1. The number of rotatable bonds is 4. The van der Waals surface area contributed by atoms with Crippen molar-refractivity contribution in [3.63, 3.8) is 0 Å². The molecule has 0 radical (unpaired) electrons. The van der Waals surface area contributed by atoms with Crippen molar-refractivity contribution in [3.05, 3.63) is 182 Å². The molecule has 10 rings (SSSR count). The van der Waals surface area contributed by atoms with Gasteiger partial charge in [0.05, 0.1) is 23.3 Å². The standard InChI is InChI=1S/C48H30O/c1-3-14-31(15-4-1)35-28-29-41-43(30-35)49-48(42-25-13-19-34-27-26-32-16-7-8-20-36(32)44(34)42)47(41)46-39-23-11-9-21-37(39)45(33-17-5-2-6-18-33)38-22-10-12-24-40(38)46/h1-30H/i7D,8D,9D,10D,11D,12D,13D,16D,19D,20D,21D,22D,23D,24D,25D,26D,27D. The molecule has 0 saturated carbocycles. The lowest BCUT2D eigenvalue weighted by molar-refractivity contribution is 0.633. The van der Waals surface area contributed by atoms with Crippen LogP contribution >= 0.6 is 0 Å². The molecular weight excluding hydrogens is 593 g/mol. The quantitative estimate of drug-likeness (QED) is 0.138. The molecule has 49 heavy (non-hydrogen) atoms. The van der Waals surface area contributed by atoms with Crippen molar-refractivity contribution in [2.75, 3.05) is 0 Å². The fourth-order valence-corrected chi connectivity index (χ4v) is 6.74. The molecule has 0 fully saturated rings. The fraction of sp³-hybridized carbons (Fsp3) is 0. The van der Waals surface area contributed by atoms with E-state index < -0.39 is 113 Å². The summed E-state index contributed by atoms with van der Waals surface area (Å²) in [6, 6.07) is 11.7. The summed E-state index contributed by atoms with van der Waals surface area (Å²) in [6.45, 7) is 0. The van der Waals surface area contributed by atoms with Gasteiger partial charge in [0.15, 0.2) is 0 Å². The third-order valence-electron chi connectivity index (χ3n) is 8.84. The summed E-state index contributed by atoms with van der Waals surface area (Å²) in [5.41, 5.74) is 1.35. The second-order valence-corrected chi connectivity index (χ2v) is 11.5. The Morgan fingerprint density at radius 1 is 0.388 bits per heavy atom. The summed E-state index contributed by atoms with van der Waals surface area (Å²) >= 11 is 0. The maximum absolute atomic E-state index is 9.62. The van der Waals surface area contributed by atoms with Crippen molar-refractivity contribution in [2.45, 2.75) is 0 Å². The first kappa shape index (κ1) is 15.6. The van der Waals surface area contributed by atoms with Crippen molar-refractivity contribution >= 4 is 54.1 Å². The Bertz CT molecular complexity index is 3750. The number of fused-ring (bicyclic) bond motifs is 6. The Labute approximate surface area is 308 Å². The largest absolute Gasteiger partial charge is 0.455 e. The van der Waals surface area contributed by atoms with E-state index in [4.69, 9.17) is 18.1 Å². The van der Waals surface area contributed by atoms with Crippen LogP contribution in [0.25, 0.3) is 98.8 Å². The Morgan fingerprint density at radius 2 is 0.959 bits per heavy atom. The van der Waals surface area contributed by atoms with E-state index in [0.717, 1.165) is 5.56 Å². The van der Waals surface area contributed by atoms with E-state index in [2.05, 4.69) is 0 Å². The van der Waals surface area contributed by atoms with Gasteiger partial charge in [0, 0.05) is 27.5 Å². The average molecular weight is 640 g/mol. The summed E-state index contributed by atoms with van der Waals surface area (Å²) < 4.78 is 162. The maximum atomic E-state index is 9.62. The molecule has 0 aliphatic rings. The van der Waals surface area contributed by atoms with Crippen molar-refractivity contribution in [1.29, 1.82) is 0 Å². The Morgan fingerprint density at radius 3 is 1.65 bits per heavy atom. The minimum Gasteiger partial charge on any atom is -0.455 e. The lowest BCUT2D eigenvalue weighted by Crippen LogP contribution is -1.92. The molecule has 228 valence electrons. The van der Waals surface area contributed by atoms with Crippen LogP contribution in [0.5, 0.6) is 0 Å². The van der Waals surface area contributed by atoms with Crippen LogP contribution in [-0.4, -0.2) is 0 Å². The minimum absolute atomic E-state index is 0.0725. The van der Waals surface area contributed by atoms with Gasteiger partial charge in [-0.3, -0.25) is 0 Å². The highest BCUT2D eigenvalue weighted by Gasteiger charge is 2.25. The van der Waals surface area contributed by atoms with E-state index in [9.17, 15) is 9.60 Å². The number of hydrogen-bond donors (Lipinski definition) is 0. The molecule has 0 amide bonds. The van der Waals surface area contributed by atoms with Gasteiger partial charge in [0.25, 0.3) is 0 Å². The van der Waals surface area contributed by atoms with Crippen LogP contribution in [0.4, 0.5) is 0 Å². The first-order chi connectivity index (χ1) is 31.4. The second-order valence-electron chi connectivity index (χ2n) is 11.5. The zero-order valence-corrected chi connectivity index (χ0v) is 25.4. The zero-order valence-electron chi connectivity index (χ0n) is 42.4. The van der Waals surface area contributed by atoms with E-state index in [0.29, 0.717) is 11.1 Å². The van der Waals surface area contributed by atoms with Crippen molar-refractivity contribution in [1.82, 2.24) is 0 Å². The predicted octanol–water partition coefficient (Wildman–Crippen LogP) is 13.7. The van der Waals surface area contributed by atoms with Crippen LogP contribution in [-0.2, 0) is 0 Å². The lowest BCUT2D eigenvalue weighted by atomic mass is 9.84. The predicted molar refractivity (Wildman–Crippen MR) is 208 cm³/mol. The third kappa shape index (κ3) is 4.33. The molecule has 0 saturated heterocycles. The van der Waals surface area contributed by atoms with Gasteiger partial charge >= 0.3 is 0 Å². The SMILES string of the molecule is [2H]c1c([2H])c([2H])c2c(-c3c(-c4c([2H])c([2H])c([2H])c5c([2H])c([2H])c6c([2H])c([2H])c([2H])c([2H])c6c45)oc4cc(-c5ccccc5)ccc34)c3c([2H])c([2H])c([2H])c([2H])c3c(-c3ccccc3)c2c1[2H]. The molecule has 1 aromatic heterocycles. The van der Waals surface area contributed by atoms with Crippen LogP contribution in [0.3, 0.4) is 0 Å². The average Bonchev–Trinajstić information content (AvgIpc) is 3.70. The molecule has 0 unspecified atom stereocenters. The van der Waals surface area contributed by atoms with E-state index in [1.807, 2.05) is 30.3 Å². The van der Waals surface area contributed by atoms with Gasteiger partial charge in [-0.05, 0) is 72.1 Å². The topological polar surface area (TPSA) is 13.1 Å². The fourth-order valence-electron chi connectivity index (χ4n) is 6.74. The molecule has 0 atom stereocenters. The van der Waals surface area contributed by atoms with Crippen molar-refractivity contribution in [3.8, 4) is 44.7 Å². The van der Waals surface area contributed by atoms with E-state index in [-0.39, 0.29) is 71.3 Å². The van der Waals surface area contributed by atoms with Crippen molar-refractivity contribution < 1.29 is 27.7 Å². The van der Waals surface area contributed by atoms with E-state index >= 15 is 0 Å². The Kier molecular flexibility index (Phi) is 3.54. The molecule has 0 spiro atoms. The minimum atomic E-state index is -0.736. The van der Waals surface area contributed by atoms with Crippen molar-refractivity contribution in [2.24, 2.45) is 0 Å². The summed E-state index contributed by atoms with van der Waals surface area (Å²) in [4.78, 5) is 0. The van der Waals surface area contributed by atoms with Gasteiger partial charge in [0.2, 0.25) is 0 Å². The Balaban J connectivity index is 1.56. The molecule has 0 bridgehead atoms. The number of benzene rings is 9. The highest BCUT2D eigenvalue weighted by Crippen LogP contribution is 2.51. The lowest BCUT2D eigenvalue weighted by Gasteiger charge is -2.18. The van der Waals surface area contributed by atoms with Crippen LogP contribution in [0.15, 0.2) is 186 Å². The van der Waals surface area contributed by atoms with Crippen LogP contribution in [0.1, 0.15) is 23.3 Å². The molecule has 9 aromatic carbocycles. The van der Waals surface area contributed by atoms with Gasteiger partial charge < -0.3 is 4.42 Å². The molecule has 0 aliphatic heterocycles. The van der Waals surface area contributed by atoms with Gasteiger partial charge in [-0.2, -0.15) is 0 Å². The normalized spacial score (nSPS) is 16.5. The summed E-state index contributed by atoms with van der Waals surface area (Å²) in [6.07, 6.45) is 0. The highest BCUT2D eigenvalue weighted by atomic mass is 16.3. The van der Waals surface area contributed by atoms with Gasteiger partial charge in [-0.25, -0.2) is 0 Å². The monoisotopic (exact) mass is 639 g/mol. The molecule has 1 nitrogen and oxygen atoms in total. The van der Waals surface area contributed by atoms with Crippen LogP contribution in [0.2, 0.25) is 0 Å². The molecule has 10 aromatic rings. The third-order valence-corrected chi connectivity index (χ3v) is 8.84. The molecule has 1 heterocycles. The zero-order chi connectivity index (χ0) is 47.1. The molecule has 1 heteroatoms. The van der Waals surface area contributed by atoms with Crippen LogP contribution in [0, 0.1) is 0 Å². The maximum Gasteiger partial charge on any atom is 0.143 e. The molecule has 0 aliphatic carbocycles. The number of hydrogen-bond acceptors (Lipinski definition) is 1. The van der Waals surface area contributed by atoms with E-state index in [1.165, 1.54) is 0 Å². The highest BCUT2D eigenvalue weighted by molar-refractivity contribution is 6.26. The summed E-state index contributed by atoms with van der Waals surface area (Å²) in [5.74, 6) is -0.334. The second kappa shape index (κ2) is 11.1. The van der Waals surface area contributed by atoms with Gasteiger partial charge in [0.1, 0.15) is 11.3 Å². The summed E-state index contributed by atoms with van der Waals surface area (Å²) in [7, 11) is 0. The smallest absolute Gasteiger partial charge is 0.143 e. The van der Waals surface area contributed by atoms with Gasteiger partial charge in [-0.15, -0.1) is 0 Å². The first-order valence-corrected chi connectivity index (χ1v) is 15.5. The van der Waals surface area contributed by atoms with Crippen LogP contribution < -0.4 is 0 Å². The molecular formula is C48H30O. The van der Waals surface area contributed by atoms with Gasteiger partial charge in [-0.1, -0.05) is 169 Å².